The first-order chi connectivity index (χ1) is 13.2. The lowest BCUT2D eigenvalue weighted by Crippen LogP contribution is -2.09. The number of aryl methyl sites for hydroxylation is 1. The molecule has 1 aromatic carbocycles. The summed E-state index contributed by atoms with van der Waals surface area (Å²) in [6.45, 7) is 4.07. The van der Waals surface area contributed by atoms with Crippen molar-refractivity contribution in [2.45, 2.75) is 38.6 Å². The number of nitrogens with one attached hydrogen (secondary N) is 1. The highest BCUT2D eigenvalue weighted by molar-refractivity contribution is 7.16. The second kappa shape index (κ2) is 6.42. The van der Waals surface area contributed by atoms with Gasteiger partial charge >= 0.3 is 0 Å². The zero-order chi connectivity index (χ0) is 18.4. The van der Waals surface area contributed by atoms with E-state index < -0.39 is 0 Å². The smallest absolute Gasteiger partial charge is 0.138 e. The summed E-state index contributed by atoms with van der Waals surface area (Å²) < 4.78 is 1.86. The molecule has 1 unspecified atom stereocenters. The first kappa shape index (κ1) is 16.4. The van der Waals surface area contributed by atoms with E-state index in [1.165, 1.54) is 18.4 Å². The van der Waals surface area contributed by atoms with Crippen LogP contribution in [0.1, 0.15) is 48.8 Å². The molecule has 3 aromatic heterocycles. The highest BCUT2D eigenvalue weighted by atomic mass is 32.1. The molecule has 4 aromatic rings. The standard InChI is InChI=1S/C20H20N6S/c1-12(21-19-17-9-10-27-20(17)23-13(2)22-19)14-5-7-16(8-6-14)26-11-18(24-25-26)15-3-4-15/h5-12,15H,3-4H2,1-2H3,(H,21,22,23). The molecule has 0 spiro atoms. The summed E-state index contributed by atoms with van der Waals surface area (Å²) in [5.41, 5.74) is 3.33. The third kappa shape index (κ3) is 3.19. The van der Waals surface area contributed by atoms with Crippen molar-refractivity contribution < 1.29 is 0 Å². The Kier molecular flexibility index (Phi) is 3.89. The maximum Gasteiger partial charge on any atom is 0.138 e. The fourth-order valence-electron chi connectivity index (χ4n) is 3.25. The number of benzene rings is 1. The molecule has 1 fully saturated rings. The van der Waals surface area contributed by atoms with Crippen molar-refractivity contribution in [3.8, 4) is 5.69 Å². The van der Waals surface area contributed by atoms with Crippen LogP contribution in [-0.4, -0.2) is 25.0 Å². The fourth-order valence-corrected chi connectivity index (χ4v) is 4.05. The minimum atomic E-state index is 0.134. The second-order valence-electron chi connectivity index (χ2n) is 7.08. The summed E-state index contributed by atoms with van der Waals surface area (Å²) >= 11 is 1.64. The van der Waals surface area contributed by atoms with Crippen LogP contribution in [0.15, 0.2) is 41.9 Å². The average Bonchev–Trinajstić information content (AvgIpc) is 3.21. The number of hydrogen-bond donors (Lipinski definition) is 1. The molecule has 0 amide bonds. The molecule has 0 aliphatic heterocycles. The Hall–Kier alpha value is -2.80. The van der Waals surface area contributed by atoms with Crippen LogP contribution in [0.25, 0.3) is 15.9 Å². The van der Waals surface area contributed by atoms with E-state index in [2.05, 4.69) is 68.2 Å². The van der Waals surface area contributed by atoms with Gasteiger partial charge in [0.1, 0.15) is 16.5 Å². The van der Waals surface area contributed by atoms with Crippen molar-refractivity contribution in [2.24, 2.45) is 0 Å². The van der Waals surface area contributed by atoms with Gasteiger partial charge in [-0.1, -0.05) is 17.3 Å². The van der Waals surface area contributed by atoms with Crippen molar-refractivity contribution in [1.82, 2.24) is 25.0 Å². The van der Waals surface area contributed by atoms with Crippen LogP contribution in [0.3, 0.4) is 0 Å². The van der Waals surface area contributed by atoms with E-state index in [1.807, 2.05) is 17.8 Å². The minimum Gasteiger partial charge on any atom is -0.363 e. The fraction of sp³-hybridized carbons (Fsp3) is 0.300. The Labute approximate surface area is 161 Å². The number of thiophene rings is 1. The maximum absolute atomic E-state index is 4.59. The van der Waals surface area contributed by atoms with E-state index >= 15 is 0 Å². The molecular formula is C20H20N6S. The number of hydrogen-bond acceptors (Lipinski definition) is 6. The zero-order valence-corrected chi connectivity index (χ0v) is 16.1. The third-order valence-electron chi connectivity index (χ3n) is 4.95. The maximum atomic E-state index is 4.59. The summed E-state index contributed by atoms with van der Waals surface area (Å²) in [4.78, 5) is 10.1. The van der Waals surface area contributed by atoms with E-state index in [9.17, 15) is 0 Å². The Morgan fingerprint density at radius 1 is 1.15 bits per heavy atom. The molecule has 27 heavy (non-hydrogen) atoms. The van der Waals surface area contributed by atoms with Crippen LogP contribution in [0, 0.1) is 6.92 Å². The number of rotatable bonds is 5. The van der Waals surface area contributed by atoms with Gasteiger partial charge in [-0.2, -0.15) is 0 Å². The van der Waals surface area contributed by atoms with Crippen LogP contribution in [0.4, 0.5) is 5.82 Å². The molecule has 1 N–H and O–H groups in total. The highest BCUT2D eigenvalue weighted by Crippen LogP contribution is 2.38. The predicted octanol–water partition coefficient (Wildman–Crippen LogP) is 4.63. The van der Waals surface area contributed by atoms with Gasteiger partial charge < -0.3 is 5.32 Å². The van der Waals surface area contributed by atoms with Gasteiger partial charge in [0.2, 0.25) is 0 Å². The lowest BCUT2D eigenvalue weighted by Gasteiger charge is -2.16. The largest absolute Gasteiger partial charge is 0.363 e. The average molecular weight is 376 g/mol. The van der Waals surface area contributed by atoms with E-state index in [1.54, 1.807) is 11.3 Å². The molecule has 1 atom stereocenters. The minimum absolute atomic E-state index is 0.134. The van der Waals surface area contributed by atoms with Crippen LogP contribution in [-0.2, 0) is 0 Å². The molecular weight excluding hydrogens is 356 g/mol. The van der Waals surface area contributed by atoms with Crippen LogP contribution >= 0.6 is 11.3 Å². The number of aromatic nitrogens is 5. The van der Waals surface area contributed by atoms with Crippen molar-refractivity contribution in [3.05, 3.63) is 59.0 Å². The Bertz CT molecular complexity index is 1090. The van der Waals surface area contributed by atoms with Gasteiger partial charge in [-0.15, -0.1) is 16.4 Å². The summed E-state index contributed by atoms with van der Waals surface area (Å²) in [6, 6.07) is 10.6. The summed E-state index contributed by atoms with van der Waals surface area (Å²) in [5.74, 6) is 2.29. The molecule has 0 saturated heterocycles. The molecule has 136 valence electrons. The topological polar surface area (TPSA) is 68.5 Å². The SMILES string of the molecule is Cc1nc(NC(C)c2ccc(-n3cc(C4CC4)nn3)cc2)c2ccsc2n1. The molecule has 3 heterocycles. The number of anilines is 1. The van der Waals surface area contributed by atoms with Gasteiger partial charge in [0.15, 0.2) is 0 Å². The molecule has 6 nitrogen and oxygen atoms in total. The van der Waals surface area contributed by atoms with Crippen molar-refractivity contribution in [2.75, 3.05) is 5.32 Å². The van der Waals surface area contributed by atoms with Gasteiger partial charge in [0.25, 0.3) is 0 Å². The van der Waals surface area contributed by atoms with Crippen LogP contribution in [0.5, 0.6) is 0 Å². The quantitative estimate of drug-likeness (QED) is 0.550. The Balaban J connectivity index is 1.36. The van der Waals surface area contributed by atoms with Gasteiger partial charge in [-0.05, 0) is 55.8 Å². The normalized spacial score (nSPS) is 15.2. The third-order valence-corrected chi connectivity index (χ3v) is 5.76. The molecule has 0 radical (unpaired) electrons. The predicted molar refractivity (Wildman–Crippen MR) is 108 cm³/mol. The Morgan fingerprint density at radius 3 is 2.74 bits per heavy atom. The van der Waals surface area contributed by atoms with Crippen molar-refractivity contribution in [3.63, 3.8) is 0 Å². The molecule has 5 rings (SSSR count). The summed E-state index contributed by atoms with van der Waals surface area (Å²) in [5, 5.41) is 15.2. The molecule has 1 aliphatic rings. The van der Waals surface area contributed by atoms with Crippen molar-refractivity contribution >= 4 is 27.4 Å². The van der Waals surface area contributed by atoms with Gasteiger partial charge in [-0.25, -0.2) is 14.6 Å². The van der Waals surface area contributed by atoms with E-state index in [0.717, 1.165) is 33.2 Å². The van der Waals surface area contributed by atoms with Gasteiger partial charge in [0.05, 0.1) is 23.0 Å². The molecule has 0 bridgehead atoms. The molecule has 7 heteroatoms. The van der Waals surface area contributed by atoms with Crippen LogP contribution in [0.2, 0.25) is 0 Å². The molecule has 1 saturated carbocycles. The second-order valence-corrected chi connectivity index (χ2v) is 7.97. The van der Waals surface area contributed by atoms with E-state index in [-0.39, 0.29) is 6.04 Å². The van der Waals surface area contributed by atoms with Crippen molar-refractivity contribution in [1.29, 1.82) is 0 Å². The lowest BCUT2D eigenvalue weighted by atomic mass is 10.1. The summed E-state index contributed by atoms with van der Waals surface area (Å²) in [6.07, 6.45) is 4.52. The Morgan fingerprint density at radius 2 is 1.96 bits per heavy atom. The van der Waals surface area contributed by atoms with Gasteiger partial charge in [0, 0.05) is 12.0 Å². The zero-order valence-electron chi connectivity index (χ0n) is 15.3. The van der Waals surface area contributed by atoms with Crippen LogP contribution < -0.4 is 5.32 Å². The monoisotopic (exact) mass is 376 g/mol. The lowest BCUT2D eigenvalue weighted by molar-refractivity contribution is 0.795. The summed E-state index contributed by atoms with van der Waals surface area (Å²) in [7, 11) is 0. The van der Waals surface area contributed by atoms with E-state index in [0.29, 0.717) is 5.92 Å². The molecule has 1 aliphatic carbocycles. The van der Waals surface area contributed by atoms with E-state index in [4.69, 9.17) is 0 Å². The number of nitrogens with zero attached hydrogens (tertiary/aromatic N) is 5. The van der Waals surface area contributed by atoms with Gasteiger partial charge in [-0.3, -0.25) is 0 Å². The number of fused-ring (bicyclic) bond motifs is 1. The first-order valence-corrected chi connectivity index (χ1v) is 10.1. The highest BCUT2D eigenvalue weighted by Gasteiger charge is 2.26. The first-order valence-electron chi connectivity index (χ1n) is 9.18.